The minimum absolute atomic E-state index is 0.366. The highest BCUT2D eigenvalue weighted by Crippen LogP contribution is 2.52. The molecule has 2 N–H and O–H groups in total. The van der Waals surface area contributed by atoms with Crippen molar-refractivity contribution >= 4 is 18.1 Å². The van der Waals surface area contributed by atoms with Gasteiger partial charge in [0.05, 0.1) is 0 Å². The normalized spacial score (nSPS) is 13.3. The van der Waals surface area contributed by atoms with Gasteiger partial charge < -0.3 is 4.89 Å². The lowest BCUT2D eigenvalue weighted by Gasteiger charge is -2.13. The Morgan fingerprint density at radius 2 is 1.32 bits per heavy atom. The summed E-state index contributed by atoms with van der Waals surface area (Å²) in [5.74, 6) is 0.508. The largest absolute Gasteiger partial charge is 0.326 e. The highest BCUT2D eigenvalue weighted by molar-refractivity contribution is 8.55. The molecular formula is C20H20NO2PS. The third kappa shape index (κ3) is 5.58. The molecule has 3 nitrogen and oxygen atoms in total. The van der Waals surface area contributed by atoms with Gasteiger partial charge in [0.2, 0.25) is 0 Å². The van der Waals surface area contributed by atoms with E-state index in [1.165, 1.54) is 0 Å². The fourth-order valence-corrected chi connectivity index (χ4v) is 4.85. The molecule has 3 rings (SSSR count). The Morgan fingerprint density at radius 1 is 0.760 bits per heavy atom. The molecule has 0 fully saturated rings. The van der Waals surface area contributed by atoms with Crippen LogP contribution in [-0.2, 0) is 16.9 Å². The standard InChI is InChI=1S/C20H20NO2PS/c22-24(23,25-16-18-7-3-1-4-8-18)21-15-17-11-13-20(14-12-17)19-9-5-2-6-10-19/h1-14H,15-16H2,(H2,21,22,23). The molecule has 0 saturated carbocycles. The summed E-state index contributed by atoms with van der Waals surface area (Å²) < 4.78 is 12.3. The van der Waals surface area contributed by atoms with Crippen LogP contribution in [0.2, 0.25) is 0 Å². The molecule has 0 aliphatic heterocycles. The fraction of sp³-hybridized carbons (Fsp3) is 0.100. The van der Waals surface area contributed by atoms with E-state index in [0.717, 1.165) is 33.6 Å². The van der Waals surface area contributed by atoms with Crippen LogP contribution in [0.25, 0.3) is 11.1 Å². The van der Waals surface area contributed by atoms with Crippen molar-refractivity contribution in [3.8, 4) is 11.1 Å². The second-order valence-corrected chi connectivity index (χ2v) is 9.84. The van der Waals surface area contributed by atoms with E-state index in [1.54, 1.807) is 0 Å². The molecule has 0 aromatic heterocycles. The van der Waals surface area contributed by atoms with Gasteiger partial charge in [-0.1, -0.05) is 84.9 Å². The smallest absolute Gasteiger partial charge is 0.324 e. The van der Waals surface area contributed by atoms with Crippen LogP contribution in [-0.4, -0.2) is 4.89 Å². The first-order valence-electron chi connectivity index (χ1n) is 8.03. The molecule has 1 atom stereocenters. The van der Waals surface area contributed by atoms with Crippen LogP contribution in [0.1, 0.15) is 11.1 Å². The molecule has 0 heterocycles. The molecule has 1 unspecified atom stereocenters. The molecule has 3 aromatic carbocycles. The first kappa shape index (κ1) is 18.0. The number of nitrogens with one attached hydrogen (secondary N) is 1. The molecule has 0 spiro atoms. The average Bonchev–Trinajstić information content (AvgIpc) is 2.67. The Hall–Kier alpha value is -1.84. The molecule has 128 valence electrons. The van der Waals surface area contributed by atoms with Crippen LogP contribution in [0.4, 0.5) is 0 Å². The van der Waals surface area contributed by atoms with Crippen LogP contribution in [0.15, 0.2) is 84.9 Å². The molecule has 25 heavy (non-hydrogen) atoms. The molecule has 0 aliphatic rings. The summed E-state index contributed by atoms with van der Waals surface area (Å²) in [7, 11) is 0. The van der Waals surface area contributed by atoms with Gasteiger partial charge in [0.1, 0.15) is 0 Å². The Bertz CT molecular complexity index is 839. The molecule has 5 heteroatoms. The van der Waals surface area contributed by atoms with Crippen molar-refractivity contribution in [2.75, 3.05) is 0 Å². The van der Waals surface area contributed by atoms with Crippen molar-refractivity contribution in [3.63, 3.8) is 0 Å². The number of rotatable bonds is 7. The zero-order chi connectivity index (χ0) is 17.5. The number of hydrogen-bond donors (Lipinski definition) is 2. The van der Waals surface area contributed by atoms with Gasteiger partial charge in [-0.05, 0) is 33.6 Å². The fourth-order valence-electron chi connectivity index (χ4n) is 2.42. The van der Waals surface area contributed by atoms with Crippen LogP contribution in [0.3, 0.4) is 0 Å². The summed E-state index contributed by atoms with van der Waals surface area (Å²) in [5, 5.41) is 2.78. The van der Waals surface area contributed by atoms with Crippen molar-refractivity contribution in [2.24, 2.45) is 0 Å². The Kier molecular flexibility index (Phi) is 6.11. The highest BCUT2D eigenvalue weighted by Gasteiger charge is 2.18. The van der Waals surface area contributed by atoms with E-state index in [1.807, 2.05) is 72.8 Å². The van der Waals surface area contributed by atoms with Gasteiger partial charge in [0.25, 0.3) is 0 Å². The van der Waals surface area contributed by atoms with Crippen molar-refractivity contribution in [1.82, 2.24) is 5.09 Å². The molecule has 0 bridgehead atoms. The monoisotopic (exact) mass is 369 g/mol. The summed E-state index contributed by atoms with van der Waals surface area (Å²) >= 11 is 1.05. The van der Waals surface area contributed by atoms with Crippen molar-refractivity contribution in [3.05, 3.63) is 96.1 Å². The Balaban J connectivity index is 1.54. The SMILES string of the molecule is O=P(O)(NCc1ccc(-c2ccccc2)cc1)SCc1ccccc1. The maximum Gasteiger partial charge on any atom is 0.324 e. The van der Waals surface area contributed by atoms with Gasteiger partial charge >= 0.3 is 6.72 Å². The first-order valence-corrected chi connectivity index (χ1v) is 11.3. The van der Waals surface area contributed by atoms with Gasteiger partial charge in [-0.3, -0.25) is 4.57 Å². The number of hydrogen-bond acceptors (Lipinski definition) is 2. The van der Waals surface area contributed by atoms with E-state index < -0.39 is 6.72 Å². The molecule has 3 aromatic rings. The summed E-state index contributed by atoms with van der Waals surface area (Å²) in [6, 6.07) is 27.9. The summed E-state index contributed by atoms with van der Waals surface area (Å²) in [6.07, 6.45) is 0. The molecule has 0 saturated heterocycles. The summed E-state index contributed by atoms with van der Waals surface area (Å²) in [6.45, 7) is -3.06. The third-order valence-electron chi connectivity index (χ3n) is 3.79. The first-order chi connectivity index (χ1) is 12.1. The lowest BCUT2D eigenvalue weighted by Crippen LogP contribution is -2.07. The molecule has 0 aliphatic carbocycles. The van der Waals surface area contributed by atoms with Gasteiger partial charge in [-0.15, -0.1) is 0 Å². The lowest BCUT2D eigenvalue weighted by atomic mass is 10.0. The molecule has 0 radical (unpaired) electrons. The predicted octanol–water partition coefficient (Wildman–Crippen LogP) is 5.48. The van der Waals surface area contributed by atoms with Gasteiger partial charge in [0, 0.05) is 12.3 Å². The van der Waals surface area contributed by atoms with Gasteiger partial charge in [0.15, 0.2) is 0 Å². The Labute approximate surface area is 152 Å². The van der Waals surface area contributed by atoms with E-state index in [4.69, 9.17) is 0 Å². The summed E-state index contributed by atoms with van der Waals surface area (Å²) in [4.78, 5) is 10.1. The minimum atomic E-state index is -3.43. The highest BCUT2D eigenvalue weighted by atomic mass is 32.7. The maximum absolute atomic E-state index is 12.3. The quantitative estimate of drug-likeness (QED) is 0.542. The van der Waals surface area contributed by atoms with Gasteiger partial charge in [-0.25, -0.2) is 5.09 Å². The minimum Gasteiger partial charge on any atom is -0.326 e. The zero-order valence-corrected chi connectivity index (χ0v) is 15.4. The molecule has 0 amide bonds. The average molecular weight is 369 g/mol. The zero-order valence-electron chi connectivity index (χ0n) is 13.7. The second kappa shape index (κ2) is 8.50. The van der Waals surface area contributed by atoms with E-state index in [0.29, 0.717) is 12.3 Å². The van der Waals surface area contributed by atoms with E-state index in [-0.39, 0.29) is 0 Å². The van der Waals surface area contributed by atoms with E-state index in [9.17, 15) is 9.46 Å². The predicted molar refractivity (Wildman–Crippen MR) is 106 cm³/mol. The Morgan fingerprint density at radius 3 is 1.96 bits per heavy atom. The van der Waals surface area contributed by atoms with Crippen molar-refractivity contribution in [1.29, 1.82) is 0 Å². The maximum atomic E-state index is 12.3. The van der Waals surface area contributed by atoms with Crippen LogP contribution in [0.5, 0.6) is 0 Å². The van der Waals surface area contributed by atoms with E-state index >= 15 is 0 Å². The van der Waals surface area contributed by atoms with E-state index in [2.05, 4.69) is 17.2 Å². The summed E-state index contributed by atoms with van der Waals surface area (Å²) in [5.41, 5.74) is 4.31. The van der Waals surface area contributed by atoms with Crippen molar-refractivity contribution < 1.29 is 9.46 Å². The van der Waals surface area contributed by atoms with Crippen LogP contribution >= 0.6 is 18.1 Å². The molecular weight excluding hydrogens is 349 g/mol. The topological polar surface area (TPSA) is 49.3 Å². The van der Waals surface area contributed by atoms with Crippen LogP contribution in [0, 0.1) is 0 Å². The van der Waals surface area contributed by atoms with Crippen LogP contribution < -0.4 is 5.09 Å². The van der Waals surface area contributed by atoms with Gasteiger partial charge in [-0.2, -0.15) is 0 Å². The third-order valence-corrected chi connectivity index (χ3v) is 6.99. The lowest BCUT2D eigenvalue weighted by molar-refractivity contribution is 0.482. The van der Waals surface area contributed by atoms with Crippen molar-refractivity contribution in [2.45, 2.75) is 12.3 Å². The second-order valence-electron chi connectivity index (χ2n) is 5.68. The number of benzene rings is 3.